The predicted molar refractivity (Wildman–Crippen MR) is 241 cm³/mol. The lowest BCUT2D eigenvalue weighted by Gasteiger charge is -2.21. The third kappa shape index (κ3) is 5.08. The summed E-state index contributed by atoms with van der Waals surface area (Å²) < 4.78 is 51.7. The molecule has 0 saturated carbocycles. The smallest absolute Gasteiger partial charge is 0.167 e. The normalized spacial score (nSPS) is 14.2. The first-order chi connectivity index (χ1) is 31.1. The van der Waals surface area contributed by atoms with Crippen LogP contribution in [0.15, 0.2) is 186 Å². The van der Waals surface area contributed by atoms with Crippen LogP contribution in [-0.2, 0) is 5.41 Å². The molecule has 1 aliphatic rings. The standard InChI is InChI=1S/C54H36N4O/c1-54(2)44-24-12-9-22-39(44)49-40(23-15-25-45(49)54)52-55-51(34-18-7-4-8-19-34)56-53(57-52)43-32-36(58-46-26-13-10-20-37(46)38-21-11-14-27-47(38)58)31-42-41-30-35(33-16-5-3-6-17-33)28-29-48(41)59-50(42)43/h3-32H,1-2H3/i3D,5D,6D,16D,17D. The Morgan fingerprint density at radius 1 is 0.492 bits per heavy atom. The molecule has 59 heavy (non-hydrogen) atoms. The molecule has 0 atom stereocenters. The van der Waals surface area contributed by atoms with Gasteiger partial charge in [0.15, 0.2) is 17.5 Å². The molecule has 0 N–H and O–H groups in total. The molecule has 5 nitrogen and oxygen atoms in total. The van der Waals surface area contributed by atoms with Gasteiger partial charge in [-0.05, 0) is 69.8 Å². The quantitative estimate of drug-likeness (QED) is 0.175. The second-order valence-electron chi connectivity index (χ2n) is 15.6. The Labute approximate surface area is 347 Å². The van der Waals surface area contributed by atoms with Gasteiger partial charge in [0.1, 0.15) is 11.2 Å². The lowest BCUT2D eigenvalue weighted by atomic mass is 9.82. The third-order valence-electron chi connectivity index (χ3n) is 11.9. The number of para-hydroxylation sites is 2. The molecule has 278 valence electrons. The van der Waals surface area contributed by atoms with Gasteiger partial charge in [0.05, 0.1) is 23.5 Å². The Kier molecular flexibility index (Phi) is 6.18. The van der Waals surface area contributed by atoms with Crippen LogP contribution in [-0.4, -0.2) is 19.5 Å². The van der Waals surface area contributed by atoms with Crippen molar-refractivity contribution in [1.82, 2.24) is 19.5 Å². The number of fused-ring (bicyclic) bond motifs is 9. The molecule has 3 heterocycles. The molecule has 12 rings (SSSR count). The Morgan fingerprint density at radius 3 is 1.92 bits per heavy atom. The minimum Gasteiger partial charge on any atom is -0.455 e. The van der Waals surface area contributed by atoms with Crippen LogP contribution in [0.4, 0.5) is 0 Å². The summed E-state index contributed by atoms with van der Waals surface area (Å²) in [6, 6.07) is 49.4. The molecule has 0 amide bonds. The number of benzene rings is 8. The van der Waals surface area contributed by atoms with Crippen molar-refractivity contribution in [3.05, 3.63) is 193 Å². The Morgan fingerprint density at radius 2 is 1.14 bits per heavy atom. The maximum Gasteiger partial charge on any atom is 0.167 e. The van der Waals surface area contributed by atoms with E-state index in [0.29, 0.717) is 45.2 Å². The summed E-state index contributed by atoms with van der Waals surface area (Å²) in [5.41, 5.74) is 11.4. The molecule has 8 aromatic carbocycles. The molecular formula is C54H36N4O. The summed E-state index contributed by atoms with van der Waals surface area (Å²) in [5.74, 6) is 1.46. The Balaban J connectivity index is 1.18. The van der Waals surface area contributed by atoms with Gasteiger partial charge in [-0.2, -0.15) is 0 Å². The van der Waals surface area contributed by atoms with Gasteiger partial charge in [-0.25, -0.2) is 15.0 Å². The lowest BCUT2D eigenvalue weighted by Crippen LogP contribution is -2.14. The van der Waals surface area contributed by atoms with Crippen molar-refractivity contribution in [2.24, 2.45) is 0 Å². The van der Waals surface area contributed by atoms with Gasteiger partial charge < -0.3 is 8.98 Å². The fourth-order valence-corrected chi connectivity index (χ4v) is 9.18. The van der Waals surface area contributed by atoms with Gasteiger partial charge >= 0.3 is 0 Å². The molecule has 0 aliphatic heterocycles. The first-order valence-electron chi connectivity index (χ1n) is 22.2. The Hall–Kier alpha value is -7.63. The molecule has 0 bridgehead atoms. The van der Waals surface area contributed by atoms with Crippen LogP contribution < -0.4 is 0 Å². The Bertz CT molecular complexity index is 3700. The number of furan rings is 1. The average molecular weight is 762 g/mol. The van der Waals surface area contributed by atoms with E-state index in [-0.39, 0.29) is 35.1 Å². The highest BCUT2D eigenvalue weighted by molar-refractivity contribution is 6.13. The largest absolute Gasteiger partial charge is 0.455 e. The van der Waals surface area contributed by atoms with E-state index in [2.05, 4.69) is 109 Å². The second kappa shape index (κ2) is 12.7. The molecule has 0 saturated heterocycles. The zero-order valence-electron chi connectivity index (χ0n) is 37.1. The molecule has 0 fully saturated rings. The monoisotopic (exact) mass is 761 g/mol. The van der Waals surface area contributed by atoms with Crippen LogP contribution in [0.25, 0.3) is 106 Å². The highest BCUT2D eigenvalue weighted by Crippen LogP contribution is 2.52. The SMILES string of the molecule is [2H]c1c([2H])c([2H])c(-c2ccc3oc4c(-c5nc(-c6ccccc6)nc(-c6cccc7c6-c6ccccc6C7(C)C)n5)cc(-n5c6ccccc6c6ccccc65)cc4c3c2)c([2H])c1[2H]. The number of hydrogen-bond donors (Lipinski definition) is 0. The highest BCUT2D eigenvalue weighted by atomic mass is 16.3. The van der Waals surface area contributed by atoms with Crippen LogP contribution in [0.3, 0.4) is 0 Å². The second-order valence-corrected chi connectivity index (χ2v) is 15.6. The molecule has 0 spiro atoms. The van der Waals surface area contributed by atoms with Crippen LogP contribution in [0, 0.1) is 0 Å². The molecule has 11 aromatic rings. The van der Waals surface area contributed by atoms with E-state index >= 15 is 0 Å². The summed E-state index contributed by atoms with van der Waals surface area (Å²) in [6.07, 6.45) is 0. The lowest BCUT2D eigenvalue weighted by molar-refractivity contribution is 0.660. The fourth-order valence-electron chi connectivity index (χ4n) is 9.18. The van der Waals surface area contributed by atoms with Gasteiger partial charge in [0, 0.05) is 43.8 Å². The number of rotatable bonds is 5. The van der Waals surface area contributed by atoms with E-state index < -0.39 is 6.04 Å². The van der Waals surface area contributed by atoms with Crippen molar-refractivity contribution in [2.45, 2.75) is 19.3 Å². The van der Waals surface area contributed by atoms with E-state index in [1.165, 1.54) is 11.1 Å². The van der Waals surface area contributed by atoms with Crippen LogP contribution >= 0.6 is 0 Å². The topological polar surface area (TPSA) is 56.7 Å². The summed E-state index contributed by atoms with van der Waals surface area (Å²) in [5, 5.41) is 3.67. The maximum absolute atomic E-state index is 8.80. The highest BCUT2D eigenvalue weighted by Gasteiger charge is 2.37. The van der Waals surface area contributed by atoms with Crippen molar-refractivity contribution in [3.63, 3.8) is 0 Å². The van der Waals surface area contributed by atoms with Gasteiger partial charge in [-0.3, -0.25) is 0 Å². The van der Waals surface area contributed by atoms with Crippen LogP contribution in [0.5, 0.6) is 0 Å². The number of nitrogens with zero attached hydrogens (tertiary/aromatic N) is 4. The van der Waals surface area contributed by atoms with Crippen molar-refractivity contribution >= 4 is 43.7 Å². The van der Waals surface area contributed by atoms with Crippen molar-refractivity contribution < 1.29 is 11.3 Å². The molecule has 5 heteroatoms. The van der Waals surface area contributed by atoms with Gasteiger partial charge in [0.2, 0.25) is 0 Å². The van der Waals surface area contributed by atoms with E-state index in [1.54, 1.807) is 12.1 Å². The average Bonchev–Trinajstić information content (AvgIpc) is 3.95. The van der Waals surface area contributed by atoms with Crippen molar-refractivity contribution in [2.75, 3.05) is 0 Å². The summed E-state index contributed by atoms with van der Waals surface area (Å²) in [7, 11) is 0. The third-order valence-corrected chi connectivity index (χ3v) is 11.9. The first kappa shape index (κ1) is 28.7. The van der Waals surface area contributed by atoms with Crippen molar-refractivity contribution in [3.8, 4) is 62.1 Å². The van der Waals surface area contributed by atoms with Crippen LogP contribution in [0.2, 0.25) is 0 Å². The summed E-state index contributed by atoms with van der Waals surface area (Å²) >= 11 is 0. The van der Waals surface area contributed by atoms with Crippen LogP contribution in [0.1, 0.15) is 31.8 Å². The minimum atomic E-state index is -0.436. The molecule has 1 aliphatic carbocycles. The molecule has 0 unspecified atom stereocenters. The number of hydrogen-bond acceptors (Lipinski definition) is 4. The van der Waals surface area contributed by atoms with Gasteiger partial charge in [0.25, 0.3) is 0 Å². The van der Waals surface area contributed by atoms with Gasteiger partial charge in [-0.1, -0.05) is 159 Å². The molecular weight excluding hydrogens is 721 g/mol. The van der Waals surface area contributed by atoms with Gasteiger partial charge in [-0.15, -0.1) is 0 Å². The van der Waals surface area contributed by atoms with E-state index in [4.69, 9.17) is 26.2 Å². The molecule has 3 aromatic heterocycles. The van der Waals surface area contributed by atoms with E-state index in [9.17, 15) is 0 Å². The minimum absolute atomic E-state index is 0.121. The van der Waals surface area contributed by atoms with E-state index in [0.717, 1.165) is 55.1 Å². The zero-order chi connectivity index (χ0) is 43.6. The van der Waals surface area contributed by atoms with Crippen molar-refractivity contribution in [1.29, 1.82) is 0 Å². The molecule has 0 radical (unpaired) electrons. The summed E-state index contributed by atoms with van der Waals surface area (Å²) in [6.45, 7) is 4.52. The summed E-state index contributed by atoms with van der Waals surface area (Å²) in [4.78, 5) is 15.8. The first-order valence-corrected chi connectivity index (χ1v) is 19.7. The maximum atomic E-state index is 8.80. The van der Waals surface area contributed by atoms with E-state index in [1.807, 2.05) is 48.5 Å². The predicted octanol–water partition coefficient (Wildman–Crippen LogP) is 13.8. The zero-order valence-corrected chi connectivity index (χ0v) is 32.1. The fraction of sp³-hybridized carbons (Fsp3) is 0.0556. The number of aromatic nitrogens is 4.